The van der Waals surface area contributed by atoms with Crippen LogP contribution in [0.2, 0.25) is 5.02 Å². The third-order valence-electron chi connectivity index (χ3n) is 4.04. The summed E-state index contributed by atoms with van der Waals surface area (Å²) in [6, 6.07) is 13.8. The molecule has 1 amide bonds. The number of ether oxygens (including phenoxy) is 1. The maximum Gasteiger partial charge on any atom is 0.260 e. The first-order valence-corrected chi connectivity index (χ1v) is 8.52. The summed E-state index contributed by atoms with van der Waals surface area (Å²) in [6.45, 7) is 8.27. The number of carbonyl (C=O) groups is 1. The molecular weight excluding hydrogens is 322 g/mol. The number of hydrogen-bond acceptors (Lipinski definition) is 2. The second-order valence-corrected chi connectivity index (χ2v) is 6.57. The molecule has 2 aromatic carbocycles. The Balaban J connectivity index is 1.90. The quantitative estimate of drug-likeness (QED) is 0.828. The van der Waals surface area contributed by atoms with Gasteiger partial charge in [0.05, 0.1) is 0 Å². The van der Waals surface area contributed by atoms with Gasteiger partial charge < -0.3 is 10.1 Å². The lowest BCUT2D eigenvalue weighted by Crippen LogP contribution is -2.38. The van der Waals surface area contributed by atoms with Crippen LogP contribution in [0.3, 0.4) is 0 Å². The average molecular weight is 346 g/mol. The van der Waals surface area contributed by atoms with Crippen molar-refractivity contribution in [3.05, 3.63) is 64.2 Å². The van der Waals surface area contributed by atoms with E-state index in [1.54, 1.807) is 6.92 Å². The SMILES string of the molecule is Cc1cc(OC(C)C(=O)NCC(C)c2ccccc2)cc(C)c1Cl. The van der Waals surface area contributed by atoms with E-state index in [0.717, 1.165) is 16.1 Å². The van der Waals surface area contributed by atoms with Gasteiger partial charge in [-0.05, 0) is 55.5 Å². The van der Waals surface area contributed by atoms with E-state index in [0.29, 0.717) is 12.3 Å². The van der Waals surface area contributed by atoms with Gasteiger partial charge in [-0.25, -0.2) is 0 Å². The molecule has 2 rings (SSSR count). The number of nitrogens with one attached hydrogen (secondary N) is 1. The maximum atomic E-state index is 12.3. The van der Waals surface area contributed by atoms with Crippen molar-refractivity contribution in [2.24, 2.45) is 0 Å². The molecule has 0 aliphatic carbocycles. The van der Waals surface area contributed by atoms with Crippen molar-refractivity contribution in [3.8, 4) is 5.75 Å². The molecule has 0 bridgehead atoms. The summed E-state index contributed by atoms with van der Waals surface area (Å²) in [6.07, 6.45) is -0.562. The van der Waals surface area contributed by atoms with Crippen LogP contribution in [-0.2, 0) is 4.79 Å². The third kappa shape index (κ3) is 4.75. The number of rotatable bonds is 6. The van der Waals surface area contributed by atoms with Crippen LogP contribution in [0.5, 0.6) is 5.75 Å². The van der Waals surface area contributed by atoms with Crippen LogP contribution in [-0.4, -0.2) is 18.6 Å². The Labute approximate surface area is 149 Å². The summed E-state index contributed by atoms with van der Waals surface area (Å²) < 4.78 is 5.76. The van der Waals surface area contributed by atoms with Gasteiger partial charge in [-0.1, -0.05) is 48.9 Å². The minimum Gasteiger partial charge on any atom is -0.481 e. The monoisotopic (exact) mass is 345 g/mol. The molecule has 0 aromatic heterocycles. The van der Waals surface area contributed by atoms with Gasteiger partial charge in [0.15, 0.2) is 6.10 Å². The Morgan fingerprint density at radius 3 is 2.29 bits per heavy atom. The van der Waals surface area contributed by atoms with Crippen molar-refractivity contribution in [2.45, 2.75) is 39.7 Å². The number of benzene rings is 2. The molecule has 0 aliphatic heterocycles. The molecule has 0 fully saturated rings. The zero-order chi connectivity index (χ0) is 17.7. The van der Waals surface area contributed by atoms with Crippen LogP contribution < -0.4 is 10.1 Å². The zero-order valence-electron chi connectivity index (χ0n) is 14.6. The predicted molar refractivity (Wildman–Crippen MR) is 98.9 cm³/mol. The van der Waals surface area contributed by atoms with Crippen molar-refractivity contribution in [1.82, 2.24) is 5.32 Å². The summed E-state index contributed by atoms with van der Waals surface area (Å²) in [4.78, 5) is 12.3. The van der Waals surface area contributed by atoms with E-state index in [4.69, 9.17) is 16.3 Å². The number of aryl methyl sites for hydroxylation is 2. The minimum atomic E-state index is -0.562. The van der Waals surface area contributed by atoms with Crippen LogP contribution in [0, 0.1) is 13.8 Å². The number of amides is 1. The summed E-state index contributed by atoms with van der Waals surface area (Å²) in [5, 5.41) is 3.68. The van der Waals surface area contributed by atoms with Gasteiger partial charge in [-0.15, -0.1) is 0 Å². The molecule has 0 radical (unpaired) electrons. The molecule has 0 saturated heterocycles. The van der Waals surface area contributed by atoms with Crippen LogP contribution in [0.4, 0.5) is 0 Å². The fourth-order valence-corrected chi connectivity index (χ4v) is 2.64. The van der Waals surface area contributed by atoms with Gasteiger partial charge in [0.25, 0.3) is 5.91 Å². The number of carbonyl (C=O) groups excluding carboxylic acids is 1. The highest BCUT2D eigenvalue weighted by molar-refractivity contribution is 6.32. The van der Waals surface area contributed by atoms with Gasteiger partial charge >= 0.3 is 0 Å². The highest BCUT2D eigenvalue weighted by Gasteiger charge is 2.16. The average Bonchev–Trinajstić information content (AvgIpc) is 2.57. The Morgan fingerprint density at radius 2 is 1.71 bits per heavy atom. The summed E-state index contributed by atoms with van der Waals surface area (Å²) >= 11 is 6.16. The fraction of sp³-hybridized carbons (Fsp3) is 0.350. The maximum absolute atomic E-state index is 12.3. The van der Waals surface area contributed by atoms with E-state index >= 15 is 0 Å². The third-order valence-corrected chi connectivity index (χ3v) is 4.64. The number of hydrogen-bond donors (Lipinski definition) is 1. The lowest BCUT2D eigenvalue weighted by Gasteiger charge is -2.18. The van der Waals surface area contributed by atoms with Crippen LogP contribution in [0.25, 0.3) is 0 Å². The van der Waals surface area contributed by atoms with E-state index in [2.05, 4.69) is 24.4 Å². The van der Waals surface area contributed by atoms with Gasteiger partial charge in [-0.3, -0.25) is 4.79 Å². The molecular formula is C20H24ClNO2. The molecule has 4 heteroatoms. The predicted octanol–water partition coefficient (Wildman–Crippen LogP) is 4.64. The van der Waals surface area contributed by atoms with Crippen LogP contribution in [0.15, 0.2) is 42.5 Å². The van der Waals surface area contributed by atoms with E-state index in [1.807, 2.05) is 44.2 Å². The van der Waals surface area contributed by atoms with Crippen molar-refractivity contribution in [2.75, 3.05) is 6.54 Å². The van der Waals surface area contributed by atoms with E-state index < -0.39 is 6.10 Å². The molecule has 3 nitrogen and oxygen atoms in total. The van der Waals surface area contributed by atoms with E-state index in [1.165, 1.54) is 5.56 Å². The zero-order valence-corrected chi connectivity index (χ0v) is 15.4. The second kappa shape index (κ2) is 8.20. The van der Waals surface area contributed by atoms with Gasteiger partial charge in [0.2, 0.25) is 0 Å². The molecule has 2 atom stereocenters. The molecule has 2 aromatic rings. The molecule has 0 saturated carbocycles. The molecule has 2 unspecified atom stereocenters. The Morgan fingerprint density at radius 1 is 1.12 bits per heavy atom. The van der Waals surface area contributed by atoms with Gasteiger partial charge in [0, 0.05) is 11.6 Å². The highest BCUT2D eigenvalue weighted by atomic mass is 35.5. The largest absolute Gasteiger partial charge is 0.481 e. The van der Waals surface area contributed by atoms with Crippen LogP contribution in [0.1, 0.15) is 36.5 Å². The van der Waals surface area contributed by atoms with Crippen molar-refractivity contribution >= 4 is 17.5 Å². The van der Waals surface area contributed by atoms with Crippen LogP contribution >= 0.6 is 11.6 Å². The first-order valence-electron chi connectivity index (χ1n) is 8.14. The standard InChI is InChI=1S/C20H24ClNO2/c1-13-10-18(11-14(2)19(13)21)24-16(4)20(23)22-12-15(3)17-8-6-5-7-9-17/h5-11,15-16H,12H2,1-4H3,(H,22,23). The van der Waals surface area contributed by atoms with E-state index in [9.17, 15) is 4.79 Å². The molecule has 1 N–H and O–H groups in total. The van der Waals surface area contributed by atoms with Gasteiger partial charge in [-0.2, -0.15) is 0 Å². The Hall–Kier alpha value is -2.00. The fourth-order valence-electron chi connectivity index (χ4n) is 2.53. The van der Waals surface area contributed by atoms with E-state index in [-0.39, 0.29) is 11.8 Å². The Kier molecular flexibility index (Phi) is 6.27. The lowest BCUT2D eigenvalue weighted by molar-refractivity contribution is -0.127. The minimum absolute atomic E-state index is 0.122. The first-order chi connectivity index (χ1) is 11.4. The smallest absolute Gasteiger partial charge is 0.260 e. The lowest BCUT2D eigenvalue weighted by atomic mass is 10.0. The number of halogens is 1. The van der Waals surface area contributed by atoms with Gasteiger partial charge in [0.1, 0.15) is 5.75 Å². The first kappa shape index (κ1) is 18.3. The highest BCUT2D eigenvalue weighted by Crippen LogP contribution is 2.26. The summed E-state index contributed by atoms with van der Waals surface area (Å²) in [5.74, 6) is 0.790. The summed E-state index contributed by atoms with van der Waals surface area (Å²) in [5.41, 5.74) is 3.09. The molecule has 0 spiro atoms. The second-order valence-electron chi connectivity index (χ2n) is 6.19. The normalized spacial score (nSPS) is 13.2. The topological polar surface area (TPSA) is 38.3 Å². The Bertz CT molecular complexity index is 677. The van der Waals surface area contributed by atoms with Crippen molar-refractivity contribution < 1.29 is 9.53 Å². The molecule has 0 heterocycles. The summed E-state index contributed by atoms with van der Waals surface area (Å²) in [7, 11) is 0. The van der Waals surface area contributed by atoms with Crippen molar-refractivity contribution in [3.63, 3.8) is 0 Å². The molecule has 24 heavy (non-hydrogen) atoms. The molecule has 0 aliphatic rings. The molecule has 128 valence electrons. The van der Waals surface area contributed by atoms with Crippen molar-refractivity contribution in [1.29, 1.82) is 0 Å².